The third-order valence-electron chi connectivity index (χ3n) is 3.46. The van der Waals surface area contributed by atoms with E-state index in [9.17, 15) is 14.0 Å². The van der Waals surface area contributed by atoms with Crippen LogP contribution in [0.25, 0.3) is 10.8 Å². The SMILES string of the molecule is O=C(O)c1ccc(Cc2ccc3cc(F)ccc3c2)[nH]c1=O. The topological polar surface area (TPSA) is 70.2 Å². The van der Waals surface area contributed by atoms with Gasteiger partial charge in [0.1, 0.15) is 11.4 Å². The Kier molecular flexibility index (Phi) is 3.47. The van der Waals surface area contributed by atoms with Gasteiger partial charge in [0, 0.05) is 12.1 Å². The number of aromatic nitrogens is 1. The van der Waals surface area contributed by atoms with Crippen molar-refractivity contribution < 1.29 is 14.3 Å². The molecule has 22 heavy (non-hydrogen) atoms. The number of carboxylic acids is 1. The van der Waals surface area contributed by atoms with Crippen LogP contribution in [0, 0.1) is 5.82 Å². The highest BCUT2D eigenvalue weighted by Gasteiger charge is 2.09. The molecule has 0 radical (unpaired) electrons. The predicted molar refractivity (Wildman–Crippen MR) is 80.7 cm³/mol. The molecule has 1 aromatic heterocycles. The van der Waals surface area contributed by atoms with E-state index in [-0.39, 0.29) is 11.4 Å². The minimum Gasteiger partial charge on any atom is -0.477 e. The Bertz CT molecular complexity index is 931. The number of pyridine rings is 1. The van der Waals surface area contributed by atoms with E-state index >= 15 is 0 Å². The van der Waals surface area contributed by atoms with Crippen molar-refractivity contribution in [3.8, 4) is 0 Å². The number of hydrogen-bond acceptors (Lipinski definition) is 2. The zero-order chi connectivity index (χ0) is 15.7. The van der Waals surface area contributed by atoms with E-state index in [4.69, 9.17) is 5.11 Å². The molecule has 0 fully saturated rings. The number of hydrogen-bond donors (Lipinski definition) is 2. The smallest absolute Gasteiger partial charge is 0.341 e. The van der Waals surface area contributed by atoms with Crippen molar-refractivity contribution in [1.82, 2.24) is 4.98 Å². The summed E-state index contributed by atoms with van der Waals surface area (Å²) < 4.78 is 13.1. The van der Waals surface area contributed by atoms with Gasteiger partial charge < -0.3 is 10.1 Å². The van der Waals surface area contributed by atoms with Crippen LogP contribution in [0.1, 0.15) is 21.6 Å². The van der Waals surface area contributed by atoms with Gasteiger partial charge in [-0.2, -0.15) is 0 Å². The van der Waals surface area contributed by atoms with Crippen LogP contribution in [0.15, 0.2) is 53.3 Å². The van der Waals surface area contributed by atoms with Crippen LogP contribution >= 0.6 is 0 Å². The quantitative estimate of drug-likeness (QED) is 0.781. The molecule has 0 aliphatic heterocycles. The number of carbonyl (C=O) groups is 1. The molecule has 4 nitrogen and oxygen atoms in total. The maximum atomic E-state index is 13.1. The molecule has 0 amide bonds. The van der Waals surface area contributed by atoms with Crippen LogP contribution in [-0.4, -0.2) is 16.1 Å². The molecule has 0 spiro atoms. The van der Waals surface area contributed by atoms with Crippen LogP contribution in [0.2, 0.25) is 0 Å². The first kappa shape index (κ1) is 14.0. The molecule has 5 heteroatoms. The summed E-state index contributed by atoms with van der Waals surface area (Å²) in [6, 6.07) is 13.0. The summed E-state index contributed by atoms with van der Waals surface area (Å²) in [5, 5.41) is 10.5. The number of benzene rings is 2. The van der Waals surface area contributed by atoms with Crippen molar-refractivity contribution >= 4 is 16.7 Å². The number of nitrogens with one attached hydrogen (secondary N) is 1. The van der Waals surface area contributed by atoms with Crippen molar-refractivity contribution in [3.63, 3.8) is 0 Å². The minimum absolute atomic E-state index is 0.280. The Morgan fingerprint density at radius 3 is 2.50 bits per heavy atom. The number of fused-ring (bicyclic) bond motifs is 1. The summed E-state index contributed by atoms with van der Waals surface area (Å²) in [6.07, 6.45) is 0.461. The van der Waals surface area contributed by atoms with E-state index in [1.807, 2.05) is 18.2 Å². The van der Waals surface area contributed by atoms with Crippen LogP contribution < -0.4 is 5.56 Å². The monoisotopic (exact) mass is 297 g/mol. The zero-order valence-corrected chi connectivity index (χ0v) is 11.5. The van der Waals surface area contributed by atoms with Crippen LogP contribution in [0.5, 0.6) is 0 Å². The molecule has 2 aromatic carbocycles. The highest BCUT2D eigenvalue weighted by atomic mass is 19.1. The largest absolute Gasteiger partial charge is 0.477 e. The highest BCUT2D eigenvalue weighted by Crippen LogP contribution is 2.18. The van der Waals surface area contributed by atoms with Crippen molar-refractivity contribution in [2.75, 3.05) is 0 Å². The highest BCUT2D eigenvalue weighted by molar-refractivity contribution is 5.87. The minimum atomic E-state index is -1.25. The van der Waals surface area contributed by atoms with Crippen LogP contribution in [-0.2, 0) is 6.42 Å². The second-order valence-electron chi connectivity index (χ2n) is 5.03. The van der Waals surface area contributed by atoms with Crippen molar-refractivity contribution in [2.45, 2.75) is 6.42 Å². The third kappa shape index (κ3) is 2.74. The van der Waals surface area contributed by atoms with Crippen LogP contribution in [0.4, 0.5) is 4.39 Å². The molecule has 0 unspecified atom stereocenters. The van der Waals surface area contributed by atoms with Gasteiger partial charge in [-0.05, 0) is 40.6 Å². The first-order chi connectivity index (χ1) is 10.5. The molecule has 1 heterocycles. The summed E-state index contributed by atoms with van der Waals surface area (Å²) >= 11 is 0. The van der Waals surface area contributed by atoms with E-state index in [0.29, 0.717) is 12.1 Å². The summed E-state index contributed by atoms with van der Waals surface area (Å²) in [5.41, 5.74) is 0.667. The Morgan fingerprint density at radius 1 is 1.05 bits per heavy atom. The average molecular weight is 297 g/mol. The number of halogens is 1. The van der Waals surface area contributed by atoms with E-state index in [0.717, 1.165) is 16.3 Å². The van der Waals surface area contributed by atoms with Gasteiger partial charge in [-0.15, -0.1) is 0 Å². The summed E-state index contributed by atoms with van der Waals surface area (Å²) in [7, 11) is 0. The Hall–Kier alpha value is -2.95. The number of H-pyrrole nitrogens is 1. The second-order valence-corrected chi connectivity index (χ2v) is 5.03. The summed E-state index contributed by atoms with van der Waals surface area (Å²) in [6.45, 7) is 0. The van der Waals surface area contributed by atoms with E-state index in [2.05, 4.69) is 4.98 Å². The van der Waals surface area contributed by atoms with E-state index in [1.165, 1.54) is 18.2 Å². The van der Waals surface area contributed by atoms with E-state index in [1.54, 1.807) is 12.1 Å². The molecule has 0 aliphatic rings. The number of aromatic carboxylic acids is 1. The first-order valence-electron chi connectivity index (χ1n) is 6.66. The summed E-state index contributed by atoms with van der Waals surface area (Å²) in [4.78, 5) is 25.0. The summed E-state index contributed by atoms with van der Waals surface area (Å²) in [5.74, 6) is -1.53. The van der Waals surface area contributed by atoms with Gasteiger partial charge in [0.25, 0.3) is 5.56 Å². The lowest BCUT2D eigenvalue weighted by Gasteiger charge is -2.05. The van der Waals surface area contributed by atoms with Crippen molar-refractivity contribution in [3.05, 3.63) is 81.5 Å². The predicted octanol–water partition coefficient (Wildman–Crippen LogP) is 2.96. The normalized spacial score (nSPS) is 10.8. The third-order valence-corrected chi connectivity index (χ3v) is 3.46. The maximum Gasteiger partial charge on any atom is 0.341 e. The molecule has 3 aromatic rings. The molecule has 0 saturated carbocycles. The lowest BCUT2D eigenvalue weighted by molar-refractivity contribution is 0.0695. The second kappa shape index (κ2) is 5.44. The Morgan fingerprint density at radius 2 is 1.77 bits per heavy atom. The number of aromatic amines is 1. The Balaban J connectivity index is 1.93. The van der Waals surface area contributed by atoms with Crippen LogP contribution in [0.3, 0.4) is 0 Å². The van der Waals surface area contributed by atoms with Gasteiger partial charge in [-0.1, -0.05) is 24.3 Å². The van der Waals surface area contributed by atoms with Gasteiger partial charge in [-0.25, -0.2) is 9.18 Å². The fourth-order valence-corrected chi connectivity index (χ4v) is 2.38. The molecule has 0 atom stereocenters. The fourth-order valence-electron chi connectivity index (χ4n) is 2.38. The van der Waals surface area contributed by atoms with Gasteiger partial charge >= 0.3 is 5.97 Å². The molecular weight excluding hydrogens is 285 g/mol. The molecule has 0 saturated heterocycles. The molecule has 0 aliphatic carbocycles. The molecule has 3 rings (SSSR count). The average Bonchev–Trinajstić information content (AvgIpc) is 2.47. The van der Waals surface area contributed by atoms with Gasteiger partial charge in [0.15, 0.2) is 0 Å². The molecule has 0 bridgehead atoms. The van der Waals surface area contributed by atoms with Gasteiger partial charge in [0.2, 0.25) is 0 Å². The Labute approximate surface area is 124 Å². The number of carboxylic acid groups (broad SMARTS) is 1. The molecule has 110 valence electrons. The van der Waals surface area contributed by atoms with Crippen molar-refractivity contribution in [2.24, 2.45) is 0 Å². The first-order valence-corrected chi connectivity index (χ1v) is 6.66. The maximum absolute atomic E-state index is 13.1. The number of rotatable bonds is 3. The van der Waals surface area contributed by atoms with E-state index < -0.39 is 11.5 Å². The fraction of sp³-hybridized carbons (Fsp3) is 0.0588. The van der Waals surface area contributed by atoms with Gasteiger partial charge in [0.05, 0.1) is 0 Å². The lowest BCUT2D eigenvalue weighted by atomic mass is 10.0. The standard InChI is InChI=1S/C17H12FNO3/c18-13-4-3-11-7-10(1-2-12(11)9-13)8-14-5-6-15(17(21)22)16(20)19-14/h1-7,9H,8H2,(H,19,20)(H,21,22). The molecule has 2 N–H and O–H groups in total. The van der Waals surface area contributed by atoms with Gasteiger partial charge in [-0.3, -0.25) is 4.79 Å². The van der Waals surface area contributed by atoms with Crippen molar-refractivity contribution in [1.29, 1.82) is 0 Å². The zero-order valence-electron chi connectivity index (χ0n) is 11.5. The molecular formula is C17H12FNO3. The lowest BCUT2D eigenvalue weighted by Crippen LogP contribution is -2.18.